The number of carbonyl (C=O) groups excluding carboxylic acids is 1. The Balaban J connectivity index is 1.59. The molecule has 0 aromatic heterocycles. The van der Waals surface area contributed by atoms with Crippen molar-refractivity contribution in [1.82, 2.24) is 10.2 Å². The zero-order valence-electron chi connectivity index (χ0n) is 18.9. The largest absolute Gasteiger partial charge is 0.497 e. The summed E-state index contributed by atoms with van der Waals surface area (Å²) in [5.41, 5.74) is 1.48. The van der Waals surface area contributed by atoms with E-state index in [2.05, 4.69) is 10.2 Å². The Bertz CT molecular complexity index is 900. The highest BCUT2D eigenvalue weighted by atomic mass is 19.1. The summed E-state index contributed by atoms with van der Waals surface area (Å²) in [6, 6.07) is 10.2. The van der Waals surface area contributed by atoms with Crippen LogP contribution >= 0.6 is 0 Å². The van der Waals surface area contributed by atoms with Crippen molar-refractivity contribution < 1.29 is 28.1 Å². The fraction of sp³-hybridized carbons (Fsp3) is 0.458. The van der Waals surface area contributed by atoms with Crippen molar-refractivity contribution >= 4 is 5.91 Å². The van der Waals surface area contributed by atoms with Crippen LogP contribution < -0.4 is 19.5 Å². The van der Waals surface area contributed by atoms with E-state index < -0.39 is 0 Å². The first-order chi connectivity index (χ1) is 15.5. The van der Waals surface area contributed by atoms with Gasteiger partial charge in [-0.25, -0.2) is 4.39 Å². The number of methoxy groups -OCH3 is 3. The standard InChI is InChI=1S/C24H31FN2O5/c1-29-13-10-26-24(28)20-6-5-19(30-2)15-22(20)32-18-8-11-27(12-9-18)16-17-4-7-21(25)23(14-17)31-3/h4-7,14-15,18H,8-13,16H2,1-3H3,(H,26,28). The summed E-state index contributed by atoms with van der Waals surface area (Å²) in [4.78, 5) is 14.9. The van der Waals surface area contributed by atoms with Crippen LogP contribution in [-0.2, 0) is 11.3 Å². The number of ether oxygens (including phenoxy) is 4. The van der Waals surface area contributed by atoms with Crippen LogP contribution in [-0.4, -0.2) is 64.5 Å². The molecule has 174 valence electrons. The van der Waals surface area contributed by atoms with Gasteiger partial charge in [0.15, 0.2) is 11.6 Å². The Morgan fingerprint density at radius 1 is 1.06 bits per heavy atom. The molecule has 8 heteroatoms. The number of benzene rings is 2. The third kappa shape index (κ3) is 6.34. The summed E-state index contributed by atoms with van der Waals surface area (Å²) in [6.45, 7) is 3.26. The second kappa shape index (κ2) is 11.7. The Morgan fingerprint density at radius 3 is 2.53 bits per heavy atom. The van der Waals surface area contributed by atoms with Crippen molar-refractivity contribution in [2.45, 2.75) is 25.5 Å². The second-order valence-corrected chi connectivity index (χ2v) is 7.67. The molecular formula is C24H31FN2O5. The highest BCUT2D eigenvalue weighted by Gasteiger charge is 2.23. The molecule has 1 aliphatic rings. The van der Waals surface area contributed by atoms with Crippen LogP contribution in [0.15, 0.2) is 36.4 Å². The monoisotopic (exact) mass is 446 g/mol. The lowest BCUT2D eigenvalue weighted by atomic mass is 10.1. The third-order valence-electron chi connectivity index (χ3n) is 5.48. The smallest absolute Gasteiger partial charge is 0.255 e. The Morgan fingerprint density at radius 2 is 1.84 bits per heavy atom. The molecule has 32 heavy (non-hydrogen) atoms. The Hall–Kier alpha value is -2.84. The van der Waals surface area contributed by atoms with E-state index in [1.807, 2.05) is 0 Å². The number of carbonyl (C=O) groups is 1. The van der Waals surface area contributed by atoms with Gasteiger partial charge in [-0.15, -0.1) is 0 Å². The van der Waals surface area contributed by atoms with Gasteiger partial charge in [0.2, 0.25) is 0 Å². The zero-order chi connectivity index (χ0) is 22.9. The van der Waals surface area contributed by atoms with Crippen molar-refractivity contribution in [3.05, 3.63) is 53.3 Å². The first kappa shape index (κ1) is 23.8. The van der Waals surface area contributed by atoms with Gasteiger partial charge in [0.1, 0.15) is 17.6 Å². The van der Waals surface area contributed by atoms with E-state index in [-0.39, 0.29) is 23.6 Å². The van der Waals surface area contributed by atoms with E-state index in [9.17, 15) is 9.18 Å². The fourth-order valence-corrected chi connectivity index (χ4v) is 3.70. The molecule has 1 fully saturated rings. The molecule has 1 N–H and O–H groups in total. The number of amides is 1. The van der Waals surface area contributed by atoms with E-state index in [1.165, 1.54) is 13.2 Å². The van der Waals surface area contributed by atoms with E-state index >= 15 is 0 Å². The number of rotatable bonds is 10. The van der Waals surface area contributed by atoms with Crippen LogP contribution in [0, 0.1) is 5.82 Å². The zero-order valence-corrected chi connectivity index (χ0v) is 18.9. The number of hydrogen-bond donors (Lipinski definition) is 1. The number of hydrogen-bond acceptors (Lipinski definition) is 6. The van der Waals surface area contributed by atoms with Gasteiger partial charge in [0.05, 0.1) is 26.4 Å². The predicted octanol–water partition coefficient (Wildman–Crippen LogP) is 3.26. The van der Waals surface area contributed by atoms with Gasteiger partial charge in [-0.3, -0.25) is 9.69 Å². The molecule has 2 aromatic carbocycles. The topological polar surface area (TPSA) is 69.3 Å². The average Bonchev–Trinajstić information content (AvgIpc) is 2.81. The summed E-state index contributed by atoms with van der Waals surface area (Å²) < 4.78 is 35.3. The van der Waals surface area contributed by atoms with Gasteiger partial charge in [-0.05, 0) is 42.7 Å². The minimum atomic E-state index is -0.358. The Kier molecular flexibility index (Phi) is 8.70. The lowest BCUT2D eigenvalue weighted by molar-refractivity contribution is 0.0881. The maximum absolute atomic E-state index is 13.6. The minimum absolute atomic E-state index is 0.00775. The molecule has 7 nitrogen and oxygen atoms in total. The maximum Gasteiger partial charge on any atom is 0.255 e. The van der Waals surface area contributed by atoms with Gasteiger partial charge in [-0.1, -0.05) is 6.07 Å². The van der Waals surface area contributed by atoms with Gasteiger partial charge in [0.25, 0.3) is 5.91 Å². The molecule has 0 aliphatic carbocycles. The molecule has 0 spiro atoms. The maximum atomic E-state index is 13.6. The fourth-order valence-electron chi connectivity index (χ4n) is 3.70. The second-order valence-electron chi connectivity index (χ2n) is 7.67. The number of nitrogens with one attached hydrogen (secondary N) is 1. The van der Waals surface area contributed by atoms with Crippen LogP contribution in [0.1, 0.15) is 28.8 Å². The van der Waals surface area contributed by atoms with E-state index in [0.29, 0.717) is 30.2 Å². The molecule has 2 aromatic rings. The molecule has 1 amide bonds. The molecule has 1 aliphatic heterocycles. The highest BCUT2D eigenvalue weighted by molar-refractivity contribution is 5.97. The summed E-state index contributed by atoms with van der Waals surface area (Å²) in [6.07, 6.45) is 1.63. The lowest BCUT2D eigenvalue weighted by Gasteiger charge is -2.32. The number of halogens is 1. The normalized spacial score (nSPS) is 14.8. The lowest BCUT2D eigenvalue weighted by Crippen LogP contribution is -2.38. The summed E-state index contributed by atoms with van der Waals surface area (Å²) in [5.74, 6) is 0.846. The van der Waals surface area contributed by atoms with Crippen molar-refractivity contribution in [2.75, 3.05) is 47.6 Å². The SMILES string of the molecule is COCCNC(=O)c1ccc(OC)cc1OC1CCN(Cc2ccc(F)c(OC)c2)CC1. The van der Waals surface area contributed by atoms with E-state index in [4.69, 9.17) is 18.9 Å². The molecule has 0 saturated carbocycles. The first-order valence-electron chi connectivity index (χ1n) is 10.7. The summed E-state index contributed by atoms with van der Waals surface area (Å²) in [5, 5.41) is 2.83. The van der Waals surface area contributed by atoms with Crippen molar-refractivity contribution in [2.24, 2.45) is 0 Å². The molecule has 0 radical (unpaired) electrons. The minimum Gasteiger partial charge on any atom is -0.497 e. The van der Waals surface area contributed by atoms with Gasteiger partial charge < -0.3 is 24.3 Å². The average molecular weight is 447 g/mol. The van der Waals surface area contributed by atoms with Crippen molar-refractivity contribution in [3.63, 3.8) is 0 Å². The predicted molar refractivity (Wildman–Crippen MR) is 119 cm³/mol. The Labute approximate surface area is 188 Å². The van der Waals surface area contributed by atoms with E-state index in [1.54, 1.807) is 44.6 Å². The van der Waals surface area contributed by atoms with Crippen LogP contribution in [0.3, 0.4) is 0 Å². The van der Waals surface area contributed by atoms with Crippen LogP contribution in [0.4, 0.5) is 4.39 Å². The van der Waals surface area contributed by atoms with Gasteiger partial charge in [0, 0.05) is 39.4 Å². The summed E-state index contributed by atoms with van der Waals surface area (Å²) in [7, 11) is 4.64. The molecule has 1 heterocycles. The number of nitrogens with zero attached hydrogens (tertiary/aromatic N) is 1. The quantitative estimate of drug-likeness (QED) is 0.565. The first-order valence-corrected chi connectivity index (χ1v) is 10.7. The molecule has 0 atom stereocenters. The molecular weight excluding hydrogens is 415 g/mol. The van der Waals surface area contributed by atoms with E-state index in [0.717, 1.165) is 38.0 Å². The highest BCUT2D eigenvalue weighted by Crippen LogP contribution is 2.28. The third-order valence-corrected chi connectivity index (χ3v) is 5.48. The van der Waals surface area contributed by atoms with Crippen LogP contribution in [0.25, 0.3) is 0 Å². The summed E-state index contributed by atoms with van der Waals surface area (Å²) >= 11 is 0. The van der Waals surface area contributed by atoms with Gasteiger partial charge >= 0.3 is 0 Å². The number of likely N-dealkylation sites (tertiary alicyclic amines) is 1. The molecule has 3 rings (SSSR count). The van der Waals surface area contributed by atoms with Crippen LogP contribution in [0.2, 0.25) is 0 Å². The number of piperidine rings is 1. The molecule has 1 saturated heterocycles. The van der Waals surface area contributed by atoms with Gasteiger partial charge in [-0.2, -0.15) is 0 Å². The van der Waals surface area contributed by atoms with Crippen molar-refractivity contribution in [3.8, 4) is 17.2 Å². The molecule has 0 unspecified atom stereocenters. The molecule has 0 bridgehead atoms. The van der Waals surface area contributed by atoms with Crippen LogP contribution in [0.5, 0.6) is 17.2 Å². The van der Waals surface area contributed by atoms with Crippen molar-refractivity contribution in [1.29, 1.82) is 0 Å².